The van der Waals surface area contributed by atoms with E-state index in [1.54, 1.807) is 0 Å². The minimum Gasteiger partial charge on any atom is -0.480 e. The van der Waals surface area contributed by atoms with Gasteiger partial charge in [0.15, 0.2) is 5.96 Å². The highest BCUT2D eigenvalue weighted by Crippen LogP contribution is 2.03. The maximum atomic E-state index is 10.4. The Morgan fingerprint density at radius 3 is 1.97 bits per heavy atom. The first-order valence-corrected chi connectivity index (χ1v) is 10.4. The molecule has 34 heavy (non-hydrogen) atoms. The van der Waals surface area contributed by atoms with Gasteiger partial charge in [-0.15, -0.1) is 0 Å². The summed E-state index contributed by atoms with van der Waals surface area (Å²) in [4.78, 5) is 42.4. The van der Waals surface area contributed by atoms with Gasteiger partial charge in [0.05, 0.1) is 0 Å². The summed E-state index contributed by atoms with van der Waals surface area (Å²) in [6, 6.07) is 7.46. The van der Waals surface area contributed by atoms with E-state index in [0.29, 0.717) is 25.8 Å². The lowest BCUT2D eigenvalue weighted by molar-refractivity contribution is -0.139. The van der Waals surface area contributed by atoms with Crippen LogP contribution in [0.4, 0.5) is 0 Å². The second-order valence-corrected chi connectivity index (χ2v) is 7.02. The Hall–Kier alpha value is -3.55. The van der Waals surface area contributed by atoms with Crippen LogP contribution in [0, 0.1) is 0 Å². The van der Waals surface area contributed by atoms with Gasteiger partial charge in [-0.25, -0.2) is 0 Å². The third kappa shape index (κ3) is 18.1. The SMILES string of the molecule is C=O.NC(N)=NCCC[C@H](N)C(=O)O.N[C@H](Cc1ccccc1)C(=O)O.O=C(O)[C@@H]1CCCN1. The average Bonchev–Trinajstić information content (AvgIpc) is 3.35. The van der Waals surface area contributed by atoms with Crippen LogP contribution in [0.1, 0.15) is 31.2 Å². The molecule has 1 fully saturated rings. The highest BCUT2D eigenvalue weighted by Gasteiger charge is 2.20. The predicted molar refractivity (Wildman–Crippen MR) is 127 cm³/mol. The Bertz CT molecular complexity index is 738. The molecule has 2 rings (SSSR count). The van der Waals surface area contributed by atoms with Crippen LogP contribution >= 0.6 is 0 Å². The summed E-state index contributed by atoms with van der Waals surface area (Å²) in [6.45, 7) is 3.28. The Morgan fingerprint density at radius 1 is 1.03 bits per heavy atom. The summed E-state index contributed by atoms with van der Waals surface area (Å²) in [6.07, 6.45) is 3.12. The first kappa shape index (κ1) is 32.6. The van der Waals surface area contributed by atoms with Gasteiger partial charge in [0, 0.05) is 6.54 Å². The maximum absolute atomic E-state index is 10.4. The van der Waals surface area contributed by atoms with E-state index in [0.717, 1.165) is 24.9 Å². The molecular formula is C21H36N6O7. The molecular weight excluding hydrogens is 448 g/mol. The van der Waals surface area contributed by atoms with Crippen molar-refractivity contribution in [3.8, 4) is 0 Å². The molecule has 0 aliphatic carbocycles. The number of nitrogens with one attached hydrogen (secondary N) is 1. The number of carbonyl (C=O) groups is 4. The van der Waals surface area contributed by atoms with Gasteiger partial charge in [-0.3, -0.25) is 19.4 Å². The number of carboxylic acids is 3. The minimum atomic E-state index is -1.00. The van der Waals surface area contributed by atoms with Crippen LogP contribution in [0.15, 0.2) is 35.3 Å². The lowest BCUT2D eigenvalue weighted by atomic mass is 10.1. The zero-order valence-electron chi connectivity index (χ0n) is 19.0. The lowest BCUT2D eigenvalue weighted by Gasteiger charge is -2.04. The molecule has 13 heteroatoms. The van der Waals surface area contributed by atoms with Gasteiger partial charge in [0.25, 0.3) is 0 Å². The maximum Gasteiger partial charge on any atom is 0.320 e. The molecule has 0 saturated carbocycles. The van der Waals surface area contributed by atoms with Gasteiger partial charge in [-0.05, 0) is 44.2 Å². The number of carbonyl (C=O) groups excluding carboxylic acids is 1. The van der Waals surface area contributed by atoms with E-state index in [1.165, 1.54) is 0 Å². The number of aliphatic carboxylic acids is 3. The van der Waals surface area contributed by atoms with E-state index in [9.17, 15) is 14.4 Å². The summed E-state index contributed by atoms with van der Waals surface area (Å²) < 4.78 is 0. The van der Waals surface area contributed by atoms with E-state index in [4.69, 9.17) is 43.0 Å². The fraction of sp³-hybridized carbons (Fsp3) is 0.476. The Kier molecular flexibility index (Phi) is 19.3. The molecule has 0 radical (unpaired) electrons. The number of benzene rings is 1. The van der Waals surface area contributed by atoms with Gasteiger partial charge in [0.1, 0.15) is 24.9 Å². The van der Waals surface area contributed by atoms with Crippen LogP contribution in [0.25, 0.3) is 0 Å². The van der Waals surface area contributed by atoms with Crippen molar-refractivity contribution in [2.24, 2.45) is 27.9 Å². The Balaban J connectivity index is 0. The topological polar surface area (TPSA) is 257 Å². The number of hydrogen-bond acceptors (Lipinski definition) is 8. The van der Waals surface area contributed by atoms with Crippen molar-refractivity contribution < 1.29 is 34.5 Å². The molecule has 1 heterocycles. The van der Waals surface area contributed by atoms with Crippen molar-refractivity contribution in [1.29, 1.82) is 0 Å². The lowest BCUT2D eigenvalue weighted by Crippen LogP contribution is -2.32. The van der Waals surface area contributed by atoms with Crippen molar-refractivity contribution in [1.82, 2.24) is 5.32 Å². The third-order valence-electron chi connectivity index (χ3n) is 4.26. The van der Waals surface area contributed by atoms with Crippen LogP contribution in [-0.2, 0) is 25.6 Å². The molecule has 1 aliphatic heterocycles. The van der Waals surface area contributed by atoms with Crippen LogP contribution in [0.3, 0.4) is 0 Å². The number of nitrogens with two attached hydrogens (primary N) is 4. The molecule has 0 amide bonds. The number of carboxylic acid groups (broad SMARTS) is 3. The third-order valence-corrected chi connectivity index (χ3v) is 4.26. The molecule has 1 saturated heterocycles. The minimum absolute atomic E-state index is 0.0129. The van der Waals surface area contributed by atoms with Crippen molar-refractivity contribution in [2.75, 3.05) is 13.1 Å². The Morgan fingerprint density at radius 2 is 1.59 bits per heavy atom. The van der Waals surface area contributed by atoms with Crippen molar-refractivity contribution in [3.63, 3.8) is 0 Å². The zero-order chi connectivity index (χ0) is 26.5. The number of aliphatic imine (C=N–C) groups is 1. The molecule has 1 aromatic rings. The predicted octanol–water partition coefficient (Wildman–Crippen LogP) is -1.27. The molecule has 13 nitrogen and oxygen atoms in total. The average molecular weight is 485 g/mol. The summed E-state index contributed by atoms with van der Waals surface area (Å²) in [5.41, 5.74) is 21.6. The molecule has 1 aliphatic rings. The molecule has 1 aromatic carbocycles. The molecule has 3 atom stereocenters. The van der Waals surface area contributed by atoms with Crippen LogP contribution in [0.5, 0.6) is 0 Å². The van der Waals surface area contributed by atoms with E-state index < -0.39 is 30.0 Å². The van der Waals surface area contributed by atoms with Gasteiger partial charge in [-0.2, -0.15) is 0 Å². The second kappa shape index (κ2) is 20.1. The molecule has 0 spiro atoms. The quantitative estimate of drug-likeness (QED) is 0.116. The summed E-state index contributed by atoms with van der Waals surface area (Å²) in [7, 11) is 0. The zero-order valence-corrected chi connectivity index (χ0v) is 19.0. The summed E-state index contributed by atoms with van der Waals surface area (Å²) in [5, 5.41) is 28.1. The van der Waals surface area contributed by atoms with Gasteiger partial charge in [-0.1, -0.05) is 30.3 Å². The van der Waals surface area contributed by atoms with Crippen molar-refractivity contribution in [3.05, 3.63) is 35.9 Å². The first-order chi connectivity index (χ1) is 16.0. The van der Waals surface area contributed by atoms with Crippen LogP contribution < -0.4 is 28.3 Å². The fourth-order valence-corrected chi connectivity index (χ4v) is 2.49. The molecule has 0 unspecified atom stereocenters. The van der Waals surface area contributed by atoms with E-state index in [2.05, 4.69) is 10.3 Å². The van der Waals surface area contributed by atoms with E-state index in [-0.39, 0.29) is 12.0 Å². The summed E-state index contributed by atoms with van der Waals surface area (Å²) >= 11 is 0. The normalized spacial score (nSPS) is 15.4. The van der Waals surface area contributed by atoms with E-state index >= 15 is 0 Å². The monoisotopic (exact) mass is 484 g/mol. The van der Waals surface area contributed by atoms with Crippen LogP contribution in [0.2, 0.25) is 0 Å². The molecule has 0 bridgehead atoms. The smallest absolute Gasteiger partial charge is 0.320 e. The molecule has 0 aromatic heterocycles. The fourth-order valence-electron chi connectivity index (χ4n) is 2.49. The number of nitrogens with zero attached hydrogens (tertiary/aromatic N) is 1. The van der Waals surface area contributed by atoms with Crippen molar-refractivity contribution >= 4 is 30.7 Å². The number of hydrogen-bond donors (Lipinski definition) is 8. The van der Waals surface area contributed by atoms with E-state index in [1.807, 2.05) is 37.1 Å². The second-order valence-electron chi connectivity index (χ2n) is 7.02. The van der Waals surface area contributed by atoms with Crippen molar-refractivity contribution in [2.45, 2.75) is 50.2 Å². The molecule has 12 N–H and O–H groups in total. The largest absolute Gasteiger partial charge is 0.480 e. The first-order valence-electron chi connectivity index (χ1n) is 10.4. The highest BCUT2D eigenvalue weighted by molar-refractivity contribution is 5.75. The standard InChI is InChI=1S/C9H11NO2.C6H14N4O2.C5H9NO2.CH2O/c10-8(9(11)12)6-7-4-2-1-3-5-7;7-4(5(11)12)2-1-3-10-6(8)9;7-5(8)4-2-1-3-6-4;1-2/h1-5,8H,6,10H2,(H,11,12);4H,1-3,7H2,(H,11,12)(H4,8,9,10);4,6H,1-3H2,(H,7,8);1H2/t8-;2*4-;/m100./s1. The number of guanidine groups is 1. The molecule has 192 valence electrons. The Labute approximate surface area is 198 Å². The van der Waals surface area contributed by atoms with Gasteiger partial charge < -0.3 is 48.4 Å². The van der Waals surface area contributed by atoms with Gasteiger partial charge in [0.2, 0.25) is 0 Å². The van der Waals surface area contributed by atoms with Gasteiger partial charge >= 0.3 is 17.9 Å². The van der Waals surface area contributed by atoms with Crippen LogP contribution in [-0.4, -0.2) is 77.2 Å². The highest BCUT2D eigenvalue weighted by atomic mass is 16.4. The summed E-state index contributed by atoms with van der Waals surface area (Å²) in [5.74, 6) is -2.67. The number of rotatable bonds is 9.